The summed E-state index contributed by atoms with van der Waals surface area (Å²) >= 11 is 0. The largest absolute Gasteiger partial charge is 0.497 e. The van der Waals surface area contributed by atoms with Gasteiger partial charge < -0.3 is 4.74 Å². The lowest BCUT2D eigenvalue weighted by atomic mass is 9.79. The molecule has 0 aromatic heterocycles. The Bertz CT molecular complexity index is 1030. The molecule has 0 atom stereocenters. The molecule has 0 aliphatic heterocycles. The van der Waals surface area contributed by atoms with Gasteiger partial charge in [0.15, 0.2) is 17.3 Å². The molecule has 1 fully saturated rings. The number of hydrogen-bond acceptors (Lipinski definition) is 6. The summed E-state index contributed by atoms with van der Waals surface area (Å²) in [5.74, 6) is 1.96. The van der Waals surface area contributed by atoms with E-state index in [1.807, 2.05) is 24.3 Å². The van der Waals surface area contributed by atoms with Crippen molar-refractivity contribution in [1.82, 2.24) is 0 Å². The van der Waals surface area contributed by atoms with E-state index in [0.29, 0.717) is 11.1 Å². The summed E-state index contributed by atoms with van der Waals surface area (Å²) in [6.07, 6.45) is 6.99. The number of carbonyl (C=O) groups is 5. The summed E-state index contributed by atoms with van der Waals surface area (Å²) in [6, 6.07) is 14.2. The SMILES string of the molecule is CC(=O)C1CCC(C(C)=O)CC1.CC(=O)c1ccc(C(C)=O)cc1.COc1ccc(C=CC(C)=O)cc1. The van der Waals surface area contributed by atoms with Crippen molar-refractivity contribution < 1.29 is 28.7 Å². The molecular formula is C31H38O6. The Kier molecular flexibility index (Phi) is 13.7. The van der Waals surface area contributed by atoms with E-state index in [2.05, 4.69) is 0 Å². The van der Waals surface area contributed by atoms with E-state index < -0.39 is 0 Å². The van der Waals surface area contributed by atoms with E-state index in [1.54, 1.807) is 57.4 Å². The highest BCUT2D eigenvalue weighted by molar-refractivity contribution is 5.97. The molecule has 0 saturated heterocycles. The molecule has 6 heteroatoms. The average molecular weight is 507 g/mol. The van der Waals surface area contributed by atoms with Gasteiger partial charge in [-0.2, -0.15) is 0 Å². The number of methoxy groups -OCH3 is 1. The molecule has 0 heterocycles. The second-order valence-corrected chi connectivity index (χ2v) is 9.18. The van der Waals surface area contributed by atoms with Crippen LogP contribution in [-0.4, -0.2) is 36.0 Å². The zero-order valence-electron chi connectivity index (χ0n) is 22.7. The van der Waals surface area contributed by atoms with Crippen LogP contribution in [-0.2, 0) is 14.4 Å². The highest BCUT2D eigenvalue weighted by Gasteiger charge is 2.25. The number of Topliss-reactive ketones (excluding diaryl/α,β-unsaturated/α-hetero) is 4. The number of benzene rings is 2. The minimum absolute atomic E-state index is 0.0186. The van der Waals surface area contributed by atoms with E-state index in [9.17, 15) is 24.0 Å². The lowest BCUT2D eigenvalue weighted by molar-refractivity contribution is -0.126. The van der Waals surface area contributed by atoms with Crippen LogP contribution >= 0.6 is 0 Å². The Morgan fingerprint density at radius 3 is 1.30 bits per heavy atom. The molecule has 198 valence electrons. The Balaban J connectivity index is 0.000000278. The van der Waals surface area contributed by atoms with Gasteiger partial charge in [-0.05, 0) is 84.1 Å². The number of allylic oxidation sites excluding steroid dienone is 1. The highest BCUT2D eigenvalue weighted by atomic mass is 16.5. The zero-order chi connectivity index (χ0) is 28.0. The van der Waals surface area contributed by atoms with Crippen LogP contribution in [0.5, 0.6) is 5.75 Å². The van der Waals surface area contributed by atoms with Gasteiger partial charge in [-0.3, -0.25) is 24.0 Å². The summed E-state index contributed by atoms with van der Waals surface area (Å²) in [6.45, 7) is 7.84. The van der Waals surface area contributed by atoms with Crippen molar-refractivity contribution in [2.75, 3.05) is 7.11 Å². The minimum Gasteiger partial charge on any atom is -0.497 e. The fourth-order valence-corrected chi connectivity index (χ4v) is 3.77. The molecule has 37 heavy (non-hydrogen) atoms. The van der Waals surface area contributed by atoms with E-state index >= 15 is 0 Å². The van der Waals surface area contributed by atoms with Gasteiger partial charge in [-0.25, -0.2) is 0 Å². The van der Waals surface area contributed by atoms with Crippen molar-refractivity contribution in [2.45, 2.75) is 60.3 Å². The first-order chi connectivity index (χ1) is 17.4. The predicted molar refractivity (Wildman–Crippen MR) is 146 cm³/mol. The fourth-order valence-electron chi connectivity index (χ4n) is 3.77. The van der Waals surface area contributed by atoms with Crippen molar-refractivity contribution in [3.63, 3.8) is 0 Å². The molecule has 0 unspecified atom stereocenters. The first-order valence-corrected chi connectivity index (χ1v) is 12.4. The van der Waals surface area contributed by atoms with Crippen LogP contribution in [0.15, 0.2) is 54.6 Å². The summed E-state index contributed by atoms with van der Waals surface area (Å²) in [5.41, 5.74) is 2.27. The molecule has 3 rings (SSSR count). The van der Waals surface area contributed by atoms with E-state index in [0.717, 1.165) is 37.0 Å². The van der Waals surface area contributed by atoms with Gasteiger partial charge in [0.2, 0.25) is 0 Å². The molecule has 2 aromatic carbocycles. The first kappa shape index (κ1) is 31.4. The summed E-state index contributed by atoms with van der Waals surface area (Å²) in [4.78, 5) is 54.3. The summed E-state index contributed by atoms with van der Waals surface area (Å²) < 4.78 is 5.00. The van der Waals surface area contributed by atoms with Crippen LogP contribution in [0.3, 0.4) is 0 Å². The minimum atomic E-state index is 0.0186. The third-order valence-electron chi connectivity index (χ3n) is 6.20. The Morgan fingerprint density at radius 2 is 1.03 bits per heavy atom. The molecule has 2 aromatic rings. The fraction of sp³-hybridized carbons (Fsp3) is 0.387. The summed E-state index contributed by atoms with van der Waals surface area (Å²) in [7, 11) is 1.63. The van der Waals surface area contributed by atoms with Crippen molar-refractivity contribution in [3.8, 4) is 5.75 Å². The predicted octanol–water partition coefficient (Wildman–Crippen LogP) is 6.36. The summed E-state index contributed by atoms with van der Waals surface area (Å²) in [5, 5.41) is 0. The number of ketones is 5. The molecule has 0 amide bonds. The van der Waals surface area contributed by atoms with Gasteiger partial charge in [0.1, 0.15) is 17.3 Å². The maximum atomic E-state index is 11.0. The van der Waals surface area contributed by atoms with Gasteiger partial charge >= 0.3 is 0 Å². The van der Waals surface area contributed by atoms with E-state index in [-0.39, 0.29) is 40.8 Å². The molecule has 1 aliphatic rings. The molecule has 0 N–H and O–H groups in total. The van der Waals surface area contributed by atoms with Crippen molar-refractivity contribution in [1.29, 1.82) is 0 Å². The normalized spacial score (nSPS) is 16.4. The number of carbonyl (C=O) groups excluding carboxylic acids is 5. The number of hydrogen-bond donors (Lipinski definition) is 0. The monoisotopic (exact) mass is 506 g/mol. The standard InChI is InChI=1S/C11H12O2.C10H16O2.C10H10O2/c1-9(12)3-4-10-5-7-11(13-2)8-6-10;2*1-7(11)9-3-5-10(6-4-9)8(2)12/h3-8H,1-2H3;9-10H,3-6H2,1-2H3;3-6H,1-2H3. The van der Waals surface area contributed by atoms with Gasteiger partial charge in [0.25, 0.3) is 0 Å². The van der Waals surface area contributed by atoms with Crippen molar-refractivity contribution in [3.05, 3.63) is 71.3 Å². The van der Waals surface area contributed by atoms with Crippen LogP contribution in [0, 0.1) is 11.8 Å². The second-order valence-electron chi connectivity index (χ2n) is 9.18. The maximum Gasteiger partial charge on any atom is 0.159 e. The topological polar surface area (TPSA) is 94.6 Å². The lowest BCUT2D eigenvalue weighted by Gasteiger charge is -2.24. The van der Waals surface area contributed by atoms with Gasteiger partial charge in [0, 0.05) is 23.0 Å². The van der Waals surface area contributed by atoms with Crippen LogP contribution in [0.1, 0.15) is 86.6 Å². The van der Waals surface area contributed by atoms with Crippen LogP contribution in [0.25, 0.3) is 6.08 Å². The van der Waals surface area contributed by atoms with E-state index in [1.165, 1.54) is 20.8 Å². The van der Waals surface area contributed by atoms with Gasteiger partial charge in [-0.15, -0.1) is 0 Å². The quantitative estimate of drug-likeness (QED) is 0.320. The first-order valence-electron chi connectivity index (χ1n) is 12.4. The van der Waals surface area contributed by atoms with Crippen LogP contribution in [0.4, 0.5) is 0 Å². The molecule has 0 spiro atoms. The smallest absolute Gasteiger partial charge is 0.159 e. The third-order valence-corrected chi connectivity index (χ3v) is 6.20. The molecule has 0 bridgehead atoms. The second kappa shape index (κ2) is 16.1. The third kappa shape index (κ3) is 12.2. The van der Waals surface area contributed by atoms with Crippen molar-refractivity contribution >= 4 is 35.0 Å². The number of rotatable bonds is 7. The van der Waals surface area contributed by atoms with Gasteiger partial charge in [-0.1, -0.05) is 42.5 Å². The molecular weight excluding hydrogens is 468 g/mol. The molecule has 0 radical (unpaired) electrons. The van der Waals surface area contributed by atoms with Crippen LogP contribution < -0.4 is 4.74 Å². The van der Waals surface area contributed by atoms with Crippen LogP contribution in [0.2, 0.25) is 0 Å². The molecule has 1 aliphatic carbocycles. The van der Waals surface area contributed by atoms with E-state index in [4.69, 9.17) is 4.74 Å². The lowest BCUT2D eigenvalue weighted by Crippen LogP contribution is -2.23. The average Bonchev–Trinajstić information content (AvgIpc) is 2.88. The Morgan fingerprint density at radius 1 is 0.649 bits per heavy atom. The Labute approximate surface area is 220 Å². The number of ether oxygens (including phenoxy) is 1. The molecule has 6 nitrogen and oxygen atoms in total. The van der Waals surface area contributed by atoms with Gasteiger partial charge in [0.05, 0.1) is 7.11 Å². The Hall–Kier alpha value is -3.67. The van der Waals surface area contributed by atoms with Crippen molar-refractivity contribution in [2.24, 2.45) is 11.8 Å². The maximum absolute atomic E-state index is 11.0. The molecule has 1 saturated carbocycles. The zero-order valence-corrected chi connectivity index (χ0v) is 22.7. The highest BCUT2D eigenvalue weighted by Crippen LogP contribution is 2.29.